The first-order chi connectivity index (χ1) is 34.6. The van der Waals surface area contributed by atoms with Crippen molar-refractivity contribution in [1.29, 1.82) is 0 Å². The van der Waals surface area contributed by atoms with E-state index in [0.717, 1.165) is 27.1 Å². The maximum atomic E-state index is 13.7. The van der Waals surface area contributed by atoms with Crippen LogP contribution in [0.5, 0.6) is 11.5 Å². The number of anilines is 1. The van der Waals surface area contributed by atoms with Crippen LogP contribution in [0.2, 0.25) is 0 Å². The molecule has 0 radical (unpaired) electrons. The highest BCUT2D eigenvalue weighted by Crippen LogP contribution is 2.51. The summed E-state index contributed by atoms with van der Waals surface area (Å²) >= 11 is 0. The number of carbonyl (C=O) groups excluding carboxylic acids is 2. The molecule has 5 aromatic rings. The summed E-state index contributed by atoms with van der Waals surface area (Å²) in [5.74, 6) is 3.60. The van der Waals surface area contributed by atoms with Crippen molar-refractivity contribution >= 4 is 47.7 Å². The van der Waals surface area contributed by atoms with Crippen molar-refractivity contribution in [3.8, 4) is 23.8 Å². The predicted octanol–water partition coefficient (Wildman–Crippen LogP) is 10.6. The number of methoxy groups -OCH3 is 2. The van der Waals surface area contributed by atoms with E-state index in [1.807, 2.05) is 91.0 Å². The fourth-order valence-corrected chi connectivity index (χ4v) is 12.8. The quantitative estimate of drug-likeness (QED) is 0.0234. The lowest BCUT2D eigenvalue weighted by molar-refractivity contribution is -0.121. The minimum absolute atomic E-state index is 0.0288. The number of amides is 2. The van der Waals surface area contributed by atoms with Crippen LogP contribution in [-0.2, 0) is 40.1 Å². The Morgan fingerprint density at radius 3 is 2.10 bits per heavy atom. The molecule has 384 valence electrons. The zero-order valence-corrected chi connectivity index (χ0v) is 45.2. The molecule has 4 aromatic carbocycles. The van der Waals surface area contributed by atoms with E-state index in [-0.39, 0.29) is 54.0 Å². The van der Waals surface area contributed by atoms with Gasteiger partial charge in [0, 0.05) is 47.7 Å². The average Bonchev–Trinajstić information content (AvgIpc) is 3.76. The summed E-state index contributed by atoms with van der Waals surface area (Å²) in [6.45, 7) is 14.8. The summed E-state index contributed by atoms with van der Waals surface area (Å²) in [7, 11) is 4.98. The first-order valence-corrected chi connectivity index (χ1v) is 27.4. The van der Waals surface area contributed by atoms with Gasteiger partial charge in [0.15, 0.2) is 0 Å². The van der Waals surface area contributed by atoms with Crippen LogP contribution in [0.4, 0.5) is 5.82 Å². The second kappa shape index (κ2) is 26.7. The lowest BCUT2D eigenvalue weighted by atomic mass is 9.80. The highest BCUT2D eigenvalue weighted by atomic mass is 33.1. The van der Waals surface area contributed by atoms with Crippen LogP contribution >= 0.6 is 30.1 Å². The topological polar surface area (TPSA) is 152 Å². The molecular formula is C55H68N5O9PS2. The Kier molecular flexibility index (Phi) is 20.8. The van der Waals surface area contributed by atoms with Crippen molar-refractivity contribution in [3.63, 3.8) is 0 Å². The van der Waals surface area contributed by atoms with E-state index in [1.54, 1.807) is 48.1 Å². The van der Waals surface area contributed by atoms with E-state index in [4.69, 9.17) is 34.4 Å². The number of nitrogens with zero attached hydrogens (tertiary/aromatic N) is 3. The zero-order chi connectivity index (χ0) is 51.8. The number of carbonyl (C=O) groups is 2. The lowest BCUT2D eigenvalue weighted by Crippen LogP contribution is -2.39. The van der Waals surface area contributed by atoms with Crippen molar-refractivity contribution in [2.45, 2.75) is 120 Å². The van der Waals surface area contributed by atoms with Crippen LogP contribution < -0.4 is 25.8 Å². The number of benzene rings is 4. The molecule has 17 heteroatoms. The Hall–Kier alpha value is -5.21. The van der Waals surface area contributed by atoms with Gasteiger partial charge in [-0.2, -0.15) is 4.98 Å². The Morgan fingerprint density at radius 2 is 1.51 bits per heavy atom. The van der Waals surface area contributed by atoms with Gasteiger partial charge in [0.1, 0.15) is 35.2 Å². The summed E-state index contributed by atoms with van der Waals surface area (Å²) in [6, 6.07) is 35.7. The van der Waals surface area contributed by atoms with Crippen LogP contribution in [0.25, 0.3) is 0 Å². The van der Waals surface area contributed by atoms with Gasteiger partial charge in [0.25, 0.3) is 8.53 Å². The second-order valence-electron chi connectivity index (χ2n) is 18.4. The molecule has 1 aliphatic heterocycles. The Bertz CT molecular complexity index is 2570. The molecule has 2 amide bonds. The van der Waals surface area contributed by atoms with E-state index in [1.165, 1.54) is 11.5 Å². The minimum atomic E-state index is -1.72. The van der Waals surface area contributed by atoms with Gasteiger partial charge < -0.3 is 38.6 Å². The van der Waals surface area contributed by atoms with Crippen molar-refractivity contribution in [2.75, 3.05) is 39.3 Å². The van der Waals surface area contributed by atoms with E-state index in [9.17, 15) is 14.4 Å². The normalized spacial score (nSPS) is 16.4. The van der Waals surface area contributed by atoms with E-state index < -0.39 is 38.3 Å². The number of hydrogen-bond donors (Lipinski definition) is 2. The molecule has 1 fully saturated rings. The van der Waals surface area contributed by atoms with Crippen LogP contribution in [0, 0.1) is 12.3 Å². The smallest absolute Gasteiger partial charge is 0.351 e. The molecule has 2 heterocycles. The molecule has 0 saturated carbocycles. The van der Waals surface area contributed by atoms with Crippen LogP contribution in [0.3, 0.4) is 0 Å². The van der Waals surface area contributed by atoms with Crippen LogP contribution in [-0.4, -0.2) is 89.1 Å². The molecule has 2 N–H and O–H groups in total. The van der Waals surface area contributed by atoms with Crippen LogP contribution in [0.1, 0.15) is 96.2 Å². The summed E-state index contributed by atoms with van der Waals surface area (Å²) < 4.78 is 43.1. The largest absolute Gasteiger partial charge is 0.497 e. The maximum Gasteiger partial charge on any atom is 0.351 e. The number of terminal acetylenes is 1. The Labute approximate surface area is 434 Å². The third kappa shape index (κ3) is 15.0. The third-order valence-corrected chi connectivity index (χ3v) is 17.6. The fraction of sp³-hybridized carbons (Fsp3) is 0.418. The Balaban J connectivity index is 1.32. The van der Waals surface area contributed by atoms with Crippen molar-refractivity contribution in [3.05, 3.63) is 148 Å². The molecule has 1 saturated heterocycles. The molecular weight excluding hydrogens is 970 g/mol. The molecule has 6 rings (SSSR count). The molecule has 1 aromatic heterocycles. The van der Waals surface area contributed by atoms with E-state index >= 15 is 0 Å². The second-order valence-corrected chi connectivity index (χ2v) is 22.7. The molecule has 4 unspecified atom stereocenters. The summed E-state index contributed by atoms with van der Waals surface area (Å²) in [6.07, 6.45) is 6.73. The summed E-state index contributed by atoms with van der Waals surface area (Å²) in [5, 5.41) is 5.35. The van der Waals surface area contributed by atoms with Gasteiger partial charge in [-0.25, -0.2) is 9.46 Å². The van der Waals surface area contributed by atoms with Crippen molar-refractivity contribution < 1.29 is 37.6 Å². The molecule has 4 atom stereocenters. The summed E-state index contributed by atoms with van der Waals surface area (Å²) in [5.41, 5.74) is 1.95. The van der Waals surface area contributed by atoms with Crippen LogP contribution in [0.15, 0.2) is 125 Å². The van der Waals surface area contributed by atoms with Gasteiger partial charge in [0.2, 0.25) is 11.8 Å². The van der Waals surface area contributed by atoms with E-state index in [2.05, 4.69) is 79.9 Å². The molecule has 14 nitrogen and oxygen atoms in total. The van der Waals surface area contributed by atoms with Gasteiger partial charge in [-0.15, -0.1) is 6.42 Å². The zero-order valence-electron chi connectivity index (χ0n) is 42.7. The number of rotatable bonds is 26. The number of nitrogens with one attached hydrogen (secondary N) is 2. The van der Waals surface area contributed by atoms with Crippen molar-refractivity contribution in [2.24, 2.45) is 0 Å². The third-order valence-electron chi connectivity index (χ3n) is 12.0. The van der Waals surface area contributed by atoms with Gasteiger partial charge in [-0.1, -0.05) is 100 Å². The lowest BCUT2D eigenvalue weighted by Gasteiger charge is -2.39. The van der Waals surface area contributed by atoms with Gasteiger partial charge >= 0.3 is 5.69 Å². The van der Waals surface area contributed by atoms with Gasteiger partial charge in [-0.3, -0.25) is 14.2 Å². The molecule has 1 aliphatic rings. The van der Waals surface area contributed by atoms with Gasteiger partial charge in [-0.05, 0) is 113 Å². The Morgan fingerprint density at radius 1 is 0.903 bits per heavy atom. The predicted molar refractivity (Wildman–Crippen MR) is 288 cm³/mol. The first kappa shape index (κ1) is 56.1. The maximum absolute atomic E-state index is 13.7. The molecule has 0 aliphatic carbocycles. The fourth-order valence-electron chi connectivity index (χ4n) is 8.41. The SMILES string of the molecule is C#CCNC(=O)CCC(C)(C)SSc1ccccc1CCOP(OC1CC(n2ccc(NC(C)=O)nc2=O)OC1COC(c1ccccc1)(c1ccc(OC)cc1)c1ccc(OC)cc1)N(C(C)C)C(C)C. The van der Waals surface area contributed by atoms with Gasteiger partial charge in [0.05, 0.1) is 40.1 Å². The summed E-state index contributed by atoms with van der Waals surface area (Å²) in [4.78, 5) is 43.1. The highest BCUT2D eigenvalue weighted by molar-refractivity contribution is 8.77. The van der Waals surface area contributed by atoms with Crippen molar-refractivity contribution in [1.82, 2.24) is 19.5 Å². The monoisotopic (exact) mass is 1040 g/mol. The molecule has 72 heavy (non-hydrogen) atoms. The number of hydrogen-bond acceptors (Lipinski definition) is 13. The standard InChI is InChI=1S/C55H68N5O9PS2/c1-11-33-56-51(62)29-32-54(7,8)72-71-49-20-16-15-17-41(49)31-35-67-70(60(38(2)3)39(4)5)69-47-36-52(59-34-30-50(57-40(6)61)58-53(59)63)68-48(47)37-66-55(42-18-13-12-14-19-42,43-21-25-45(64-9)26-22-43)44-23-27-46(65-10)28-24-44/h1,12-28,30,34,38-39,47-48,52H,29,31-33,35-37H2,2-10H3,(H,56,62)(H,57,58,61,63). The number of ether oxygens (including phenoxy) is 4. The first-order valence-electron chi connectivity index (χ1n) is 24.1. The molecule has 0 spiro atoms. The van der Waals surface area contributed by atoms with E-state index in [0.29, 0.717) is 37.4 Å². The minimum Gasteiger partial charge on any atom is -0.497 e. The average molecular weight is 1040 g/mol. The highest BCUT2D eigenvalue weighted by Gasteiger charge is 2.45. The molecule has 0 bridgehead atoms. The number of aromatic nitrogens is 2.